The summed E-state index contributed by atoms with van der Waals surface area (Å²) in [6.07, 6.45) is 5.62. The van der Waals surface area contributed by atoms with E-state index in [0.29, 0.717) is 51.7 Å². The molecule has 0 unspecified atom stereocenters. The fourth-order valence-electron chi connectivity index (χ4n) is 4.63. The maximum Gasteiger partial charge on any atom is 0.223 e. The summed E-state index contributed by atoms with van der Waals surface area (Å²) in [4.78, 5) is 18.1. The van der Waals surface area contributed by atoms with E-state index in [1.807, 2.05) is 41.2 Å². The van der Waals surface area contributed by atoms with Crippen molar-refractivity contribution in [3.05, 3.63) is 71.2 Å². The van der Waals surface area contributed by atoms with Crippen LogP contribution in [0.4, 0.5) is 17.1 Å². The minimum Gasteiger partial charge on any atom is -0.383 e. The van der Waals surface area contributed by atoms with Gasteiger partial charge in [0.1, 0.15) is 17.8 Å². The number of rotatable bonds is 8. The summed E-state index contributed by atoms with van der Waals surface area (Å²) >= 11 is 0. The summed E-state index contributed by atoms with van der Waals surface area (Å²) in [6, 6.07) is 15.8. The van der Waals surface area contributed by atoms with E-state index in [9.17, 15) is 15.3 Å². The van der Waals surface area contributed by atoms with Crippen LogP contribution in [0.25, 0.3) is 10.9 Å². The number of amides is 1. The Hall–Kier alpha value is -4.96. The van der Waals surface area contributed by atoms with E-state index in [4.69, 9.17) is 0 Å². The van der Waals surface area contributed by atoms with Gasteiger partial charge in [-0.2, -0.15) is 10.5 Å². The average molecular weight is 548 g/mol. The van der Waals surface area contributed by atoms with Crippen LogP contribution < -0.4 is 15.5 Å². The number of anilines is 3. The van der Waals surface area contributed by atoms with Crippen LogP contribution in [0.2, 0.25) is 0 Å². The Morgan fingerprint density at radius 2 is 1.93 bits per heavy atom. The molecule has 5 rings (SSSR count). The summed E-state index contributed by atoms with van der Waals surface area (Å²) in [5.74, 6) is -0.0735. The lowest BCUT2D eigenvalue weighted by Crippen LogP contribution is -2.23. The van der Waals surface area contributed by atoms with Crippen molar-refractivity contribution in [1.29, 1.82) is 10.5 Å². The molecule has 0 spiro atoms. The van der Waals surface area contributed by atoms with Gasteiger partial charge in [-0.3, -0.25) is 9.78 Å². The van der Waals surface area contributed by atoms with Crippen molar-refractivity contribution >= 4 is 33.9 Å². The van der Waals surface area contributed by atoms with Crippen molar-refractivity contribution in [2.24, 2.45) is 5.41 Å². The standard InChI is InChI=1S/C31H33N9O/c1-19(41)39(5)25-8-6-7-20(12-25)30(27-17-40(38-37-27)24-9-10-24)36-23-11-21(14-32)28-26(13-23)29(22(15-33)16-34-28)35-18-31(2,3)4/h6-8,11-13,16-17,24,30,36H,9-10,18H2,1-5H3,(H,34,35)/t30-/m0/s1. The predicted molar refractivity (Wildman–Crippen MR) is 158 cm³/mol. The maximum absolute atomic E-state index is 12.1. The molecule has 1 aliphatic carbocycles. The monoisotopic (exact) mass is 547 g/mol. The largest absolute Gasteiger partial charge is 0.383 e. The van der Waals surface area contributed by atoms with Crippen molar-refractivity contribution in [2.45, 2.75) is 52.6 Å². The van der Waals surface area contributed by atoms with Gasteiger partial charge in [0, 0.05) is 43.5 Å². The molecule has 1 atom stereocenters. The Kier molecular flexibility index (Phi) is 7.34. The zero-order chi connectivity index (χ0) is 29.3. The van der Waals surface area contributed by atoms with E-state index < -0.39 is 6.04 Å². The molecule has 1 fully saturated rings. The second-order valence-electron chi connectivity index (χ2n) is 11.7. The molecule has 2 heterocycles. The van der Waals surface area contributed by atoms with Crippen molar-refractivity contribution in [2.75, 3.05) is 29.1 Å². The van der Waals surface area contributed by atoms with Crippen LogP contribution in [0.3, 0.4) is 0 Å². The lowest BCUT2D eigenvalue weighted by Gasteiger charge is -2.23. The SMILES string of the molecule is CC(=O)N(C)c1cccc([C@H](Nc2cc(C#N)c3ncc(C#N)c(NCC(C)(C)C)c3c2)c2cn(C3CC3)nn2)c1. The number of fused-ring (bicyclic) bond motifs is 1. The molecule has 0 radical (unpaired) electrons. The first-order valence-electron chi connectivity index (χ1n) is 13.6. The van der Waals surface area contributed by atoms with Crippen molar-refractivity contribution < 1.29 is 4.79 Å². The molecule has 1 saturated carbocycles. The molecule has 2 aromatic heterocycles. The van der Waals surface area contributed by atoms with Gasteiger partial charge >= 0.3 is 0 Å². The van der Waals surface area contributed by atoms with Crippen LogP contribution in [0.1, 0.15) is 75.0 Å². The average Bonchev–Trinajstić information content (AvgIpc) is 3.69. The highest BCUT2D eigenvalue weighted by atomic mass is 16.2. The van der Waals surface area contributed by atoms with Crippen LogP contribution in [0.15, 0.2) is 48.8 Å². The zero-order valence-electron chi connectivity index (χ0n) is 23.9. The number of pyridine rings is 1. The number of hydrogen-bond donors (Lipinski definition) is 2. The quantitative estimate of drug-likeness (QED) is 0.293. The first-order valence-corrected chi connectivity index (χ1v) is 13.6. The van der Waals surface area contributed by atoms with E-state index in [0.717, 1.165) is 24.1 Å². The maximum atomic E-state index is 12.1. The molecule has 1 aliphatic rings. The minimum atomic E-state index is -0.426. The van der Waals surface area contributed by atoms with Gasteiger partial charge in [-0.25, -0.2) is 4.68 Å². The van der Waals surface area contributed by atoms with Gasteiger partial charge in [0.2, 0.25) is 5.91 Å². The van der Waals surface area contributed by atoms with Gasteiger partial charge < -0.3 is 15.5 Å². The predicted octanol–water partition coefficient (Wildman–Crippen LogP) is 5.55. The van der Waals surface area contributed by atoms with Gasteiger partial charge in [0.05, 0.1) is 40.6 Å². The topological polar surface area (TPSA) is 136 Å². The van der Waals surface area contributed by atoms with Crippen molar-refractivity contribution in [3.63, 3.8) is 0 Å². The molecule has 41 heavy (non-hydrogen) atoms. The molecule has 10 nitrogen and oxygen atoms in total. The van der Waals surface area contributed by atoms with Gasteiger partial charge in [-0.1, -0.05) is 38.1 Å². The molecule has 4 aromatic rings. The lowest BCUT2D eigenvalue weighted by atomic mass is 9.96. The Balaban J connectivity index is 1.62. The smallest absolute Gasteiger partial charge is 0.223 e. The molecule has 208 valence electrons. The molecule has 2 N–H and O–H groups in total. The third-order valence-electron chi connectivity index (χ3n) is 7.13. The number of nitriles is 2. The summed E-state index contributed by atoms with van der Waals surface area (Å²) < 4.78 is 1.90. The molecule has 0 saturated heterocycles. The Labute approximate surface area is 239 Å². The number of aromatic nitrogens is 4. The summed E-state index contributed by atoms with van der Waals surface area (Å²) in [6.45, 7) is 8.49. The molecule has 0 bridgehead atoms. The van der Waals surface area contributed by atoms with Gasteiger partial charge in [-0.15, -0.1) is 5.10 Å². The Morgan fingerprint density at radius 3 is 2.59 bits per heavy atom. The van der Waals surface area contributed by atoms with Crippen LogP contribution in [-0.2, 0) is 4.79 Å². The number of nitrogens with one attached hydrogen (secondary N) is 2. The molecular weight excluding hydrogens is 514 g/mol. The normalized spacial score (nSPS) is 13.7. The van der Waals surface area contributed by atoms with Gasteiger partial charge in [0.25, 0.3) is 0 Å². The van der Waals surface area contributed by atoms with Crippen molar-refractivity contribution in [1.82, 2.24) is 20.0 Å². The molecule has 10 heteroatoms. The number of carbonyl (C=O) groups excluding carboxylic acids is 1. The van der Waals surface area contributed by atoms with E-state index in [2.05, 4.69) is 58.8 Å². The first kappa shape index (κ1) is 27.6. The zero-order valence-corrected chi connectivity index (χ0v) is 23.9. The second kappa shape index (κ2) is 10.9. The van der Waals surface area contributed by atoms with Gasteiger partial charge in [0.15, 0.2) is 0 Å². The minimum absolute atomic E-state index is 0.0350. The highest BCUT2D eigenvalue weighted by molar-refractivity contribution is 5.99. The second-order valence-corrected chi connectivity index (χ2v) is 11.7. The lowest BCUT2D eigenvalue weighted by molar-refractivity contribution is -0.116. The fraction of sp³-hybridized carbons (Fsp3) is 0.355. The Morgan fingerprint density at radius 1 is 1.17 bits per heavy atom. The van der Waals surface area contributed by atoms with Crippen molar-refractivity contribution in [3.8, 4) is 12.1 Å². The van der Waals surface area contributed by atoms with E-state index >= 15 is 0 Å². The highest BCUT2D eigenvalue weighted by Crippen LogP contribution is 2.37. The van der Waals surface area contributed by atoms with Crippen LogP contribution in [0, 0.1) is 28.1 Å². The molecule has 0 aliphatic heterocycles. The molecular formula is C31H33N9O. The highest BCUT2D eigenvalue weighted by Gasteiger charge is 2.27. The number of nitrogens with zero attached hydrogens (tertiary/aromatic N) is 7. The molecule has 2 aromatic carbocycles. The first-order chi connectivity index (χ1) is 19.6. The summed E-state index contributed by atoms with van der Waals surface area (Å²) in [5.41, 5.74) is 4.95. The number of hydrogen-bond acceptors (Lipinski definition) is 8. The summed E-state index contributed by atoms with van der Waals surface area (Å²) in [7, 11) is 1.74. The molecule has 1 amide bonds. The third kappa shape index (κ3) is 5.97. The van der Waals surface area contributed by atoms with E-state index in [1.54, 1.807) is 18.0 Å². The number of benzene rings is 2. The van der Waals surface area contributed by atoms with E-state index in [1.165, 1.54) is 13.1 Å². The van der Waals surface area contributed by atoms with Crippen LogP contribution in [0.5, 0.6) is 0 Å². The van der Waals surface area contributed by atoms with Gasteiger partial charge in [-0.05, 0) is 48.1 Å². The van der Waals surface area contributed by atoms with Crippen LogP contribution >= 0.6 is 0 Å². The van der Waals surface area contributed by atoms with Crippen LogP contribution in [-0.4, -0.2) is 39.5 Å². The van der Waals surface area contributed by atoms with E-state index in [-0.39, 0.29) is 11.3 Å². The number of carbonyl (C=O) groups is 1. The summed E-state index contributed by atoms with van der Waals surface area (Å²) in [5, 5.41) is 36.5. The Bertz CT molecular complexity index is 1700. The fourth-order valence-corrected chi connectivity index (χ4v) is 4.63. The third-order valence-corrected chi connectivity index (χ3v) is 7.13.